The predicted octanol–water partition coefficient (Wildman–Crippen LogP) is 3.99. The van der Waals surface area contributed by atoms with Crippen LogP contribution in [0.4, 0.5) is 4.39 Å². The molecule has 2 heterocycles. The lowest BCUT2D eigenvalue weighted by atomic mass is 10.2. The minimum absolute atomic E-state index is 0. The fourth-order valence-corrected chi connectivity index (χ4v) is 3.30. The van der Waals surface area contributed by atoms with Gasteiger partial charge in [0.2, 0.25) is 0 Å². The highest BCUT2D eigenvalue weighted by molar-refractivity contribution is 14.0. The fraction of sp³-hybridized carbons (Fsp3) is 0.316. The number of thiazole rings is 1. The number of nitrogens with one attached hydrogen (secondary N) is 1. The standard InChI is InChI=1S/C19H23FN6S.HI/c1-4-22-19(25(3)11-16-12-27-14(2)24-16)23-10-15-5-6-18(17(20)9-15)26-8-7-21-13-26;/h5-9,12-13H,4,10-11H2,1-3H3,(H,22,23);1H. The molecule has 6 nitrogen and oxygen atoms in total. The van der Waals surface area contributed by atoms with Gasteiger partial charge in [0.15, 0.2) is 5.96 Å². The average molecular weight is 514 g/mol. The molecule has 0 spiro atoms. The molecule has 150 valence electrons. The number of rotatable bonds is 6. The van der Waals surface area contributed by atoms with E-state index in [0.29, 0.717) is 18.8 Å². The minimum Gasteiger partial charge on any atom is -0.357 e. The Kier molecular flexibility index (Phi) is 8.36. The van der Waals surface area contributed by atoms with Crippen molar-refractivity contribution in [2.75, 3.05) is 13.6 Å². The lowest BCUT2D eigenvalue weighted by Crippen LogP contribution is -2.38. The van der Waals surface area contributed by atoms with Crippen LogP contribution in [-0.4, -0.2) is 39.0 Å². The van der Waals surface area contributed by atoms with Crippen molar-refractivity contribution >= 4 is 41.3 Å². The number of benzene rings is 1. The Morgan fingerprint density at radius 1 is 1.39 bits per heavy atom. The SMILES string of the molecule is CCNC(=NCc1ccc(-n2ccnc2)c(F)c1)N(C)Cc1csc(C)n1.I. The predicted molar refractivity (Wildman–Crippen MR) is 122 cm³/mol. The summed E-state index contributed by atoms with van der Waals surface area (Å²) in [4.78, 5) is 15.1. The first-order valence-electron chi connectivity index (χ1n) is 8.74. The molecule has 0 atom stereocenters. The molecule has 0 aliphatic carbocycles. The van der Waals surface area contributed by atoms with Crippen molar-refractivity contribution in [2.24, 2.45) is 4.99 Å². The molecular weight excluding hydrogens is 490 g/mol. The summed E-state index contributed by atoms with van der Waals surface area (Å²) in [6, 6.07) is 5.15. The minimum atomic E-state index is -0.294. The Labute approximate surface area is 185 Å². The van der Waals surface area contributed by atoms with E-state index in [4.69, 9.17) is 0 Å². The van der Waals surface area contributed by atoms with Crippen LogP contribution in [-0.2, 0) is 13.1 Å². The van der Waals surface area contributed by atoms with E-state index in [9.17, 15) is 4.39 Å². The Balaban J connectivity index is 0.00000280. The molecule has 28 heavy (non-hydrogen) atoms. The van der Waals surface area contributed by atoms with Gasteiger partial charge in [-0.05, 0) is 31.5 Å². The number of aliphatic imine (C=N–C) groups is 1. The number of aryl methyl sites for hydroxylation is 1. The first kappa shape index (κ1) is 22.3. The van der Waals surface area contributed by atoms with E-state index in [-0.39, 0.29) is 29.8 Å². The Hall–Kier alpha value is -2.01. The van der Waals surface area contributed by atoms with Gasteiger partial charge in [-0.15, -0.1) is 35.3 Å². The summed E-state index contributed by atoms with van der Waals surface area (Å²) >= 11 is 1.64. The van der Waals surface area contributed by atoms with Crippen LogP contribution in [0.1, 0.15) is 23.2 Å². The number of nitrogens with zero attached hydrogens (tertiary/aromatic N) is 5. The van der Waals surface area contributed by atoms with Crippen molar-refractivity contribution in [2.45, 2.75) is 26.9 Å². The lowest BCUT2D eigenvalue weighted by molar-refractivity contribution is 0.470. The molecule has 0 radical (unpaired) electrons. The van der Waals surface area contributed by atoms with Gasteiger partial charge in [0.05, 0.1) is 35.8 Å². The number of guanidine groups is 1. The van der Waals surface area contributed by atoms with Crippen molar-refractivity contribution < 1.29 is 4.39 Å². The van der Waals surface area contributed by atoms with Crippen molar-refractivity contribution in [3.63, 3.8) is 0 Å². The highest BCUT2D eigenvalue weighted by atomic mass is 127. The highest BCUT2D eigenvalue weighted by Gasteiger charge is 2.10. The summed E-state index contributed by atoms with van der Waals surface area (Å²) in [5, 5.41) is 6.38. The van der Waals surface area contributed by atoms with E-state index in [2.05, 4.69) is 25.7 Å². The van der Waals surface area contributed by atoms with Crippen LogP contribution < -0.4 is 5.32 Å². The van der Waals surface area contributed by atoms with Gasteiger partial charge in [0.1, 0.15) is 5.82 Å². The molecule has 3 rings (SSSR count). The van der Waals surface area contributed by atoms with Crippen molar-refractivity contribution in [1.82, 2.24) is 24.8 Å². The largest absolute Gasteiger partial charge is 0.357 e. The van der Waals surface area contributed by atoms with E-state index in [0.717, 1.165) is 28.8 Å². The molecule has 1 N–H and O–H groups in total. The molecule has 3 aromatic rings. The van der Waals surface area contributed by atoms with E-state index >= 15 is 0 Å². The molecule has 0 bridgehead atoms. The molecule has 1 aromatic carbocycles. The van der Waals surface area contributed by atoms with E-state index < -0.39 is 0 Å². The third-order valence-corrected chi connectivity index (χ3v) is 4.79. The maximum absolute atomic E-state index is 14.4. The second kappa shape index (κ2) is 10.5. The first-order valence-corrected chi connectivity index (χ1v) is 9.62. The maximum atomic E-state index is 14.4. The van der Waals surface area contributed by atoms with Gasteiger partial charge < -0.3 is 14.8 Å². The van der Waals surface area contributed by atoms with E-state index in [1.54, 1.807) is 40.7 Å². The molecule has 0 saturated carbocycles. The van der Waals surface area contributed by atoms with Crippen molar-refractivity contribution in [1.29, 1.82) is 0 Å². The number of hydrogen-bond donors (Lipinski definition) is 1. The van der Waals surface area contributed by atoms with E-state index in [1.807, 2.05) is 31.9 Å². The van der Waals surface area contributed by atoms with Crippen LogP contribution in [0.3, 0.4) is 0 Å². The Morgan fingerprint density at radius 2 is 2.21 bits per heavy atom. The summed E-state index contributed by atoms with van der Waals surface area (Å²) in [5.41, 5.74) is 2.30. The maximum Gasteiger partial charge on any atom is 0.194 e. The van der Waals surface area contributed by atoms with Crippen LogP contribution in [0.25, 0.3) is 5.69 Å². The normalized spacial score (nSPS) is 11.2. The van der Waals surface area contributed by atoms with Gasteiger partial charge in [0, 0.05) is 31.4 Å². The molecule has 0 aliphatic heterocycles. The smallest absolute Gasteiger partial charge is 0.194 e. The number of hydrogen-bond acceptors (Lipinski definition) is 4. The zero-order valence-corrected chi connectivity index (χ0v) is 19.2. The average Bonchev–Trinajstić information content (AvgIpc) is 3.30. The zero-order chi connectivity index (χ0) is 19.2. The van der Waals surface area contributed by atoms with E-state index in [1.165, 1.54) is 6.07 Å². The molecule has 0 unspecified atom stereocenters. The van der Waals surface area contributed by atoms with Crippen LogP contribution in [0.5, 0.6) is 0 Å². The molecule has 0 fully saturated rings. The molecule has 0 aliphatic rings. The Morgan fingerprint density at radius 3 is 2.82 bits per heavy atom. The quantitative estimate of drug-likeness (QED) is 0.307. The third-order valence-electron chi connectivity index (χ3n) is 3.97. The number of imidazole rings is 1. The van der Waals surface area contributed by atoms with Crippen molar-refractivity contribution in [3.05, 3.63) is 64.4 Å². The molecule has 2 aromatic heterocycles. The summed E-state index contributed by atoms with van der Waals surface area (Å²) in [6.07, 6.45) is 4.92. The summed E-state index contributed by atoms with van der Waals surface area (Å²) in [7, 11) is 1.97. The number of aromatic nitrogens is 3. The van der Waals surface area contributed by atoms with Crippen LogP contribution in [0.15, 0.2) is 47.3 Å². The molecule has 9 heteroatoms. The third kappa shape index (κ3) is 5.74. The van der Waals surface area contributed by atoms with Gasteiger partial charge in [-0.1, -0.05) is 6.07 Å². The molecular formula is C19H24FIN6S. The highest BCUT2D eigenvalue weighted by Crippen LogP contribution is 2.16. The second-order valence-corrected chi connectivity index (χ2v) is 7.20. The van der Waals surface area contributed by atoms with Gasteiger partial charge in [-0.3, -0.25) is 0 Å². The summed E-state index contributed by atoms with van der Waals surface area (Å²) in [5.74, 6) is 0.472. The Bertz CT molecular complexity index is 909. The lowest BCUT2D eigenvalue weighted by Gasteiger charge is -2.21. The monoisotopic (exact) mass is 514 g/mol. The van der Waals surface area contributed by atoms with Gasteiger partial charge >= 0.3 is 0 Å². The van der Waals surface area contributed by atoms with Crippen LogP contribution >= 0.6 is 35.3 Å². The van der Waals surface area contributed by atoms with Crippen LogP contribution in [0.2, 0.25) is 0 Å². The number of halogens is 2. The topological polar surface area (TPSA) is 58.3 Å². The fourth-order valence-electron chi connectivity index (χ4n) is 2.69. The molecule has 0 saturated heterocycles. The van der Waals surface area contributed by atoms with Gasteiger partial charge in [-0.25, -0.2) is 19.4 Å². The summed E-state index contributed by atoms with van der Waals surface area (Å²) < 4.78 is 16.1. The van der Waals surface area contributed by atoms with Crippen LogP contribution in [0, 0.1) is 12.7 Å². The van der Waals surface area contributed by atoms with Gasteiger partial charge in [0.25, 0.3) is 0 Å². The van der Waals surface area contributed by atoms with Crippen molar-refractivity contribution in [3.8, 4) is 5.69 Å². The summed E-state index contributed by atoms with van der Waals surface area (Å²) in [6.45, 7) is 5.84. The zero-order valence-electron chi connectivity index (χ0n) is 16.1. The second-order valence-electron chi connectivity index (χ2n) is 6.14. The van der Waals surface area contributed by atoms with Gasteiger partial charge in [-0.2, -0.15) is 0 Å². The first-order chi connectivity index (χ1) is 13.1. The molecule has 0 amide bonds.